The average Bonchev–Trinajstić information content (AvgIpc) is 3.09. The number of rotatable bonds is 3. The Balaban J connectivity index is 1.83. The summed E-state index contributed by atoms with van der Waals surface area (Å²) in [6.45, 7) is 0. The molecule has 1 aromatic carbocycles. The average molecular weight is 412 g/mol. The van der Waals surface area contributed by atoms with Crippen LogP contribution in [0, 0.1) is 0 Å². The lowest BCUT2D eigenvalue weighted by molar-refractivity contribution is -0.137. The summed E-state index contributed by atoms with van der Waals surface area (Å²) >= 11 is 3.23. The molecule has 0 fully saturated rings. The Kier molecular flexibility index (Phi) is 4.53. The number of hydrogen-bond acceptors (Lipinski definition) is 4. The third kappa shape index (κ3) is 3.85. The summed E-state index contributed by atoms with van der Waals surface area (Å²) in [5.74, 6) is -0.146. The van der Waals surface area contributed by atoms with Gasteiger partial charge in [0.1, 0.15) is 24.2 Å². The fraction of sp³-hybridized carbons (Fsp3) is 0.0667. The standard InChI is InChI=1S/C15H9BrF3N5O/c16-11-5-6-12(24-7-20-21-8-24)23-13(11)14(25)22-10-3-1-9(2-4-10)15(17,18)19/h1-8H,(H,22,25). The van der Waals surface area contributed by atoms with E-state index in [1.807, 2.05) is 0 Å². The van der Waals surface area contributed by atoms with Gasteiger partial charge in [0.2, 0.25) is 0 Å². The normalized spacial score (nSPS) is 11.4. The lowest BCUT2D eigenvalue weighted by Crippen LogP contribution is -2.16. The molecule has 0 unspecified atom stereocenters. The maximum atomic E-state index is 12.6. The molecule has 1 N–H and O–H groups in total. The van der Waals surface area contributed by atoms with Crippen LogP contribution in [0.3, 0.4) is 0 Å². The first-order valence-corrected chi connectivity index (χ1v) is 7.64. The Bertz CT molecular complexity index is 895. The zero-order valence-electron chi connectivity index (χ0n) is 12.3. The van der Waals surface area contributed by atoms with Gasteiger partial charge in [0.25, 0.3) is 5.91 Å². The number of halogens is 4. The van der Waals surface area contributed by atoms with Crippen LogP contribution >= 0.6 is 15.9 Å². The van der Waals surface area contributed by atoms with E-state index in [9.17, 15) is 18.0 Å². The highest BCUT2D eigenvalue weighted by atomic mass is 79.9. The number of nitrogens with one attached hydrogen (secondary N) is 1. The van der Waals surface area contributed by atoms with Crippen LogP contribution in [0.15, 0.2) is 53.5 Å². The molecule has 3 rings (SSSR count). The Hall–Kier alpha value is -2.75. The molecule has 6 nitrogen and oxygen atoms in total. The van der Waals surface area contributed by atoms with Crippen LogP contribution < -0.4 is 5.32 Å². The molecule has 0 radical (unpaired) electrons. The minimum atomic E-state index is -4.43. The molecule has 0 bridgehead atoms. The van der Waals surface area contributed by atoms with Crippen LogP contribution in [0.25, 0.3) is 5.82 Å². The number of carbonyl (C=O) groups is 1. The molecular formula is C15H9BrF3N5O. The number of nitrogens with zero attached hydrogens (tertiary/aromatic N) is 4. The zero-order valence-corrected chi connectivity index (χ0v) is 13.9. The fourth-order valence-electron chi connectivity index (χ4n) is 1.99. The molecule has 0 aliphatic rings. The van der Waals surface area contributed by atoms with Crippen LogP contribution in [0.2, 0.25) is 0 Å². The molecule has 128 valence electrons. The van der Waals surface area contributed by atoms with E-state index in [0.717, 1.165) is 12.1 Å². The zero-order chi connectivity index (χ0) is 18.0. The van der Waals surface area contributed by atoms with Gasteiger partial charge in [-0.3, -0.25) is 9.36 Å². The van der Waals surface area contributed by atoms with Crippen LogP contribution in [0.4, 0.5) is 18.9 Å². The largest absolute Gasteiger partial charge is 0.416 e. The fourth-order valence-corrected chi connectivity index (χ4v) is 2.39. The Labute approximate surface area is 147 Å². The van der Waals surface area contributed by atoms with Crippen molar-refractivity contribution in [2.45, 2.75) is 6.18 Å². The molecular weight excluding hydrogens is 403 g/mol. The van der Waals surface area contributed by atoms with E-state index in [0.29, 0.717) is 10.3 Å². The van der Waals surface area contributed by atoms with Gasteiger partial charge in [0.15, 0.2) is 0 Å². The number of anilines is 1. The summed E-state index contributed by atoms with van der Waals surface area (Å²) in [4.78, 5) is 16.6. The number of carbonyl (C=O) groups excluding carboxylic acids is 1. The lowest BCUT2D eigenvalue weighted by Gasteiger charge is -2.10. The van der Waals surface area contributed by atoms with Crippen molar-refractivity contribution in [3.05, 3.63) is 64.8 Å². The Morgan fingerprint density at radius 3 is 2.28 bits per heavy atom. The van der Waals surface area contributed by atoms with Crippen LogP contribution in [0.1, 0.15) is 16.1 Å². The first kappa shape index (κ1) is 17.1. The van der Waals surface area contributed by atoms with E-state index >= 15 is 0 Å². The minimum absolute atomic E-state index is 0.0751. The topological polar surface area (TPSA) is 72.7 Å². The van der Waals surface area contributed by atoms with E-state index in [2.05, 4.69) is 36.4 Å². The molecule has 0 atom stereocenters. The van der Waals surface area contributed by atoms with Crippen molar-refractivity contribution in [2.24, 2.45) is 0 Å². The smallest absolute Gasteiger partial charge is 0.321 e. The third-order valence-corrected chi connectivity index (χ3v) is 3.84. The molecule has 0 spiro atoms. The first-order chi connectivity index (χ1) is 11.8. The minimum Gasteiger partial charge on any atom is -0.321 e. The van der Waals surface area contributed by atoms with Gasteiger partial charge in [0.05, 0.1) is 5.56 Å². The van der Waals surface area contributed by atoms with Gasteiger partial charge in [-0.15, -0.1) is 10.2 Å². The van der Waals surface area contributed by atoms with Gasteiger partial charge < -0.3 is 5.32 Å². The maximum absolute atomic E-state index is 12.6. The Morgan fingerprint density at radius 1 is 1.04 bits per heavy atom. The van der Waals surface area contributed by atoms with Gasteiger partial charge in [-0.05, 0) is 52.3 Å². The summed E-state index contributed by atoms with van der Waals surface area (Å²) in [6.07, 6.45) is -1.58. The molecule has 2 aromatic heterocycles. The van der Waals surface area contributed by atoms with Crippen LogP contribution in [0.5, 0.6) is 0 Å². The van der Waals surface area contributed by atoms with E-state index < -0.39 is 17.6 Å². The molecule has 0 saturated heterocycles. The van der Waals surface area contributed by atoms with Gasteiger partial charge >= 0.3 is 6.18 Å². The van der Waals surface area contributed by atoms with E-state index in [1.54, 1.807) is 12.1 Å². The molecule has 0 aliphatic heterocycles. The third-order valence-electron chi connectivity index (χ3n) is 3.20. The summed E-state index contributed by atoms with van der Waals surface area (Å²) < 4.78 is 39.6. The molecule has 2 heterocycles. The van der Waals surface area contributed by atoms with Crippen molar-refractivity contribution >= 4 is 27.5 Å². The van der Waals surface area contributed by atoms with Gasteiger partial charge in [-0.1, -0.05) is 0 Å². The van der Waals surface area contributed by atoms with Crippen LogP contribution in [-0.4, -0.2) is 25.7 Å². The van der Waals surface area contributed by atoms with Crippen molar-refractivity contribution in [3.8, 4) is 5.82 Å². The number of amides is 1. The second kappa shape index (κ2) is 6.63. The molecule has 25 heavy (non-hydrogen) atoms. The van der Waals surface area contributed by atoms with Gasteiger partial charge in [0, 0.05) is 10.2 Å². The van der Waals surface area contributed by atoms with Crippen molar-refractivity contribution in [1.82, 2.24) is 19.7 Å². The van der Waals surface area contributed by atoms with Gasteiger partial charge in [-0.25, -0.2) is 4.98 Å². The molecule has 10 heteroatoms. The second-order valence-electron chi connectivity index (χ2n) is 4.90. The number of benzene rings is 1. The van der Waals surface area contributed by atoms with Crippen molar-refractivity contribution in [3.63, 3.8) is 0 Å². The van der Waals surface area contributed by atoms with Crippen molar-refractivity contribution < 1.29 is 18.0 Å². The highest BCUT2D eigenvalue weighted by molar-refractivity contribution is 9.10. The lowest BCUT2D eigenvalue weighted by atomic mass is 10.2. The predicted octanol–water partition coefficient (Wildman–Crippen LogP) is 3.70. The molecule has 0 aliphatic carbocycles. The first-order valence-electron chi connectivity index (χ1n) is 6.85. The SMILES string of the molecule is O=C(Nc1ccc(C(F)(F)F)cc1)c1nc(-n2cnnc2)ccc1Br. The number of pyridine rings is 1. The van der Waals surface area contributed by atoms with E-state index in [-0.39, 0.29) is 11.4 Å². The summed E-state index contributed by atoms with van der Waals surface area (Å²) in [5.41, 5.74) is -0.494. The highest BCUT2D eigenvalue weighted by Gasteiger charge is 2.30. The number of alkyl halides is 3. The monoisotopic (exact) mass is 411 g/mol. The summed E-state index contributed by atoms with van der Waals surface area (Å²) in [5, 5.41) is 9.83. The summed E-state index contributed by atoms with van der Waals surface area (Å²) in [7, 11) is 0. The van der Waals surface area contributed by atoms with Gasteiger partial charge in [-0.2, -0.15) is 13.2 Å². The second-order valence-corrected chi connectivity index (χ2v) is 5.75. The van der Waals surface area contributed by atoms with Crippen molar-refractivity contribution in [2.75, 3.05) is 5.32 Å². The quantitative estimate of drug-likeness (QED) is 0.712. The van der Waals surface area contributed by atoms with Crippen LogP contribution in [-0.2, 0) is 6.18 Å². The molecule has 0 saturated carbocycles. The maximum Gasteiger partial charge on any atom is 0.416 e. The predicted molar refractivity (Wildman–Crippen MR) is 86.3 cm³/mol. The van der Waals surface area contributed by atoms with E-state index in [1.165, 1.54) is 29.4 Å². The molecule has 3 aromatic rings. The highest BCUT2D eigenvalue weighted by Crippen LogP contribution is 2.30. The van der Waals surface area contributed by atoms with Crippen molar-refractivity contribution in [1.29, 1.82) is 0 Å². The number of aromatic nitrogens is 4. The Morgan fingerprint density at radius 2 is 1.68 bits per heavy atom. The summed E-state index contributed by atoms with van der Waals surface area (Å²) in [6, 6.07) is 7.43. The van der Waals surface area contributed by atoms with E-state index in [4.69, 9.17) is 0 Å². The number of hydrogen-bond donors (Lipinski definition) is 1. The molecule has 1 amide bonds.